The third-order valence-corrected chi connectivity index (χ3v) is 4.14. The standard InChI is InChI=1S/C16H19N3O2/c1-2-13(20)11-5-7-12(8-6-11)14-18-15(19-21-14)16(17)9-3-4-10-16/h5-8H,2-4,9-10,17H2,1H3. The van der Waals surface area contributed by atoms with E-state index in [1.165, 1.54) is 0 Å². The molecule has 1 fully saturated rings. The quantitative estimate of drug-likeness (QED) is 0.873. The van der Waals surface area contributed by atoms with Crippen LogP contribution in [0.15, 0.2) is 28.8 Å². The molecule has 5 nitrogen and oxygen atoms in total. The van der Waals surface area contributed by atoms with Crippen molar-refractivity contribution in [2.24, 2.45) is 5.73 Å². The second kappa shape index (κ2) is 5.41. The van der Waals surface area contributed by atoms with E-state index < -0.39 is 5.54 Å². The van der Waals surface area contributed by atoms with Crippen LogP contribution in [0.2, 0.25) is 0 Å². The minimum atomic E-state index is -0.445. The number of carbonyl (C=O) groups is 1. The Kier molecular flexibility index (Phi) is 3.59. The van der Waals surface area contributed by atoms with E-state index in [1.807, 2.05) is 19.1 Å². The van der Waals surface area contributed by atoms with E-state index >= 15 is 0 Å². The van der Waals surface area contributed by atoms with Gasteiger partial charge in [0.1, 0.15) is 0 Å². The Hall–Kier alpha value is -2.01. The zero-order valence-corrected chi connectivity index (χ0v) is 12.1. The molecule has 0 bridgehead atoms. The molecule has 0 amide bonds. The van der Waals surface area contributed by atoms with Crippen molar-refractivity contribution in [2.45, 2.75) is 44.6 Å². The second-order valence-corrected chi connectivity index (χ2v) is 5.64. The Labute approximate surface area is 123 Å². The molecule has 2 N–H and O–H groups in total. The van der Waals surface area contributed by atoms with Gasteiger partial charge in [0.15, 0.2) is 11.6 Å². The molecule has 1 saturated carbocycles. The van der Waals surface area contributed by atoms with Crippen molar-refractivity contribution in [3.63, 3.8) is 0 Å². The van der Waals surface area contributed by atoms with Crippen molar-refractivity contribution in [2.75, 3.05) is 0 Å². The zero-order valence-electron chi connectivity index (χ0n) is 12.1. The van der Waals surface area contributed by atoms with Crippen molar-refractivity contribution >= 4 is 5.78 Å². The van der Waals surface area contributed by atoms with E-state index in [0.29, 0.717) is 23.7 Å². The number of rotatable bonds is 4. The van der Waals surface area contributed by atoms with Crippen LogP contribution in [-0.2, 0) is 5.54 Å². The Balaban J connectivity index is 1.84. The summed E-state index contributed by atoms with van der Waals surface area (Å²) in [5.41, 5.74) is 7.39. The molecule has 1 aliphatic rings. The van der Waals surface area contributed by atoms with Gasteiger partial charge in [-0.2, -0.15) is 4.98 Å². The van der Waals surface area contributed by atoms with Gasteiger partial charge in [-0.15, -0.1) is 0 Å². The number of aromatic nitrogens is 2. The van der Waals surface area contributed by atoms with E-state index in [2.05, 4.69) is 10.1 Å². The summed E-state index contributed by atoms with van der Waals surface area (Å²) in [6.45, 7) is 1.85. The molecule has 0 radical (unpaired) electrons. The zero-order chi connectivity index (χ0) is 14.9. The van der Waals surface area contributed by atoms with Crippen LogP contribution >= 0.6 is 0 Å². The maximum absolute atomic E-state index is 11.6. The van der Waals surface area contributed by atoms with Crippen LogP contribution in [0.1, 0.15) is 55.2 Å². The predicted molar refractivity (Wildman–Crippen MR) is 78.7 cm³/mol. The molecule has 2 aromatic rings. The fourth-order valence-corrected chi connectivity index (χ4v) is 2.78. The van der Waals surface area contributed by atoms with Crippen LogP contribution in [0.4, 0.5) is 0 Å². The molecule has 5 heteroatoms. The van der Waals surface area contributed by atoms with Crippen molar-refractivity contribution in [1.82, 2.24) is 10.1 Å². The fourth-order valence-electron chi connectivity index (χ4n) is 2.78. The van der Waals surface area contributed by atoms with E-state index in [0.717, 1.165) is 31.2 Å². The van der Waals surface area contributed by atoms with Crippen LogP contribution in [0.3, 0.4) is 0 Å². The lowest BCUT2D eigenvalue weighted by atomic mass is 9.98. The van der Waals surface area contributed by atoms with Crippen LogP contribution in [0, 0.1) is 0 Å². The maximum Gasteiger partial charge on any atom is 0.257 e. The molecule has 1 aromatic heterocycles. The molecule has 0 unspecified atom stereocenters. The molecule has 1 aromatic carbocycles. The number of ketones is 1. The van der Waals surface area contributed by atoms with Gasteiger partial charge in [0.25, 0.3) is 5.89 Å². The van der Waals surface area contributed by atoms with Crippen molar-refractivity contribution in [1.29, 1.82) is 0 Å². The van der Waals surface area contributed by atoms with Gasteiger partial charge in [0.2, 0.25) is 0 Å². The SMILES string of the molecule is CCC(=O)c1ccc(-c2nc(C3(N)CCCC3)no2)cc1. The molecule has 0 atom stereocenters. The van der Waals surface area contributed by atoms with Gasteiger partial charge in [0, 0.05) is 17.5 Å². The largest absolute Gasteiger partial charge is 0.334 e. The molecule has 0 aliphatic heterocycles. The van der Waals surface area contributed by atoms with Gasteiger partial charge >= 0.3 is 0 Å². The lowest BCUT2D eigenvalue weighted by Gasteiger charge is -2.17. The van der Waals surface area contributed by atoms with E-state index in [-0.39, 0.29) is 5.78 Å². The highest BCUT2D eigenvalue weighted by Crippen LogP contribution is 2.35. The Morgan fingerprint density at radius 2 is 1.95 bits per heavy atom. The number of nitrogens with zero attached hydrogens (tertiary/aromatic N) is 2. The average molecular weight is 285 g/mol. The van der Waals surface area contributed by atoms with Gasteiger partial charge in [0.05, 0.1) is 5.54 Å². The monoisotopic (exact) mass is 285 g/mol. The van der Waals surface area contributed by atoms with Gasteiger partial charge in [-0.3, -0.25) is 4.79 Å². The average Bonchev–Trinajstić information content (AvgIpc) is 3.16. The third-order valence-electron chi connectivity index (χ3n) is 4.14. The summed E-state index contributed by atoms with van der Waals surface area (Å²) in [5, 5.41) is 4.04. The third kappa shape index (κ3) is 2.61. The smallest absolute Gasteiger partial charge is 0.257 e. The summed E-state index contributed by atoms with van der Waals surface area (Å²) in [5.74, 6) is 1.17. The first-order valence-corrected chi connectivity index (χ1v) is 7.39. The number of nitrogens with two attached hydrogens (primary N) is 1. The first kappa shape index (κ1) is 13.9. The first-order chi connectivity index (χ1) is 10.1. The molecular formula is C16H19N3O2. The molecule has 0 saturated heterocycles. The Morgan fingerprint density at radius 3 is 2.57 bits per heavy atom. The summed E-state index contributed by atoms with van der Waals surface area (Å²) in [4.78, 5) is 16.1. The van der Waals surface area contributed by atoms with Crippen LogP contribution in [0.25, 0.3) is 11.5 Å². The van der Waals surface area contributed by atoms with E-state index in [4.69, 9.17) is 10.3 Å². The number of hydrogen-bond acceptors (Lipinski definition) is 5. The highest BCUT2D eigenvalue weighted by atomic mass is 16.5. The van der Waals surface area contributed by atoms with Crippen LogP contribution in [0.5, 0.6) is 0 Å². The minimum absolute atomic E-state index is 0.125. The lowest BCUT2D eigenvalue weighted by Crippen LogP contribution is -2.34. The lowest BCUT2D eigenvalue weighted by molar-refractivity contribution is 0.0988. The van der Waals surface area contributed by atoms with Crippen molar-refractivity contribution in [3.05, 3.63) is 35.7 Å². The Morgan fingerprint density at radius 1 is 1.29 bits per heavy atom. The maximum atomic E-state index is 11.6. The highest BCUT2D eigenvalue weighted by Gasteiger charge is 2.36. The summed E-state index contributed by atoms with van der Waals surface area (Å²) in [7, 11) is 0. The highest BCUT2D eigenvalue weighted by molar-refractivity contribution is 5.96. The van der Waals surface area contributed by atoms with Crippen LogP contribution < -0.4 is 5.73 Å². The molecular weight excluding hydrogens is 266 g/mol. The van der Waals surface area contributed by atoms with Gasteiger partial charge in [-0.05, 0) is 25.0 Å². The van der Waals surface area contributed by atoms with E-state index in [9.17, 15) is 4.79 Å². The fraction of sp³-hybridized carbons (Fsp3) is 0.438. The summed E-state index contributed by atoms with van der Waals surface area (Å²) < 4.78 is 5.33. The van der Waals surface area contributed by atoms with Crippen LogP contribution in [-0.4, -0.2) is 15.9 Å². The normalized spacial score (nSPS) is 17.0. The number of Topliss-reactive ketones (excluding diaryl/α,β-unsaturated/α-hetero) is 1. The Bertz CT molecular complexity index is 640. The molecule has 1 aliphatic carbocycles. The summed E-state index contributed by atoms with van der Waals surface area (Å²) in [6, 6.07) is 7.24. The predicted octanol–water partition coefficient (Wildman–Crippen LogP) is 3.06. The topological polar surface area (TPSA) is 82.0 Å². The molecule has 110 valence electrons. The van der Waals surface area contributed by atoms with Gasteiger partial charge in [-0.1, -0.05) is 37.1 Å². The first-order valence-electron chi connectivity index (χ1n) is 7.39. The number of carbonyl (C=O) groups excluding carboxylic acids is 1. The molecule has 0 spiro atoms. The molecule has 1 heterocycles. The van der Waals surface area contributed by atoms with Gasteiger partial charge < -0.3 is 10.3 Å². The summed E-state index contributed by atoms with van der Waals surface area (Å²) in [6.07, 6.45) is 4.51. The molecule has 21 heavy (non-hydrogen) atoms. The van der Waals surface area contributed by atoms with Crippen molar-refractivity contribution < 1.29 is 9.32 Å². The molecule has 3 rings (SSSR count). The number of benzene rings is 1. The van der Waals surface area contributed by atoms with Gasteiger partial charge in [-0.25, -0.2) is 0 Å². The second-order valence-electron chi connectivity index (χ2n) is 5.64. The van der Waals surface area contributed by atoms with E-state index in [1.54, 1.807) is 12.1 Å². The number of hydrogen-bond donors (Lipinski definition) is 1. The summed E-state index contributed by atoms with van der Waals surface area (Å²) >= 11 is 0. The van der Waals surface area contributed by atoms with Crippen molar-refractivity contribution in [3.8, 4) is 11.5 Å². The minimum Gasteiger partial charge on any atom is -0.334 e.